The molecule has 0 spiro atoms. The van der Waals surface area contributed by atoms with Crippen LogP contribution in [0, 0.1) is 11.3 Å². The van der Waals surface area contributed by atoms with Crippen LogP contribution in [0.1, 0.15) is 5.56 Å². The first kappa shape index (κ1) is 7.53. The maximum Gasteiger partial charge on any atom is 0.124 e. The second kappa shape index (κ2) is 2.74. The minimum atomic E-state index is 0.567. The van der Waals surface area contributed by atoms with E-state index < -0.39 is 0 Å². The van der Waals surface area contributed by atoms with Crippen molar-refractivity contribution >= 4 is 33.2 Å². The van der Waals surface area contributed by atoms with Crippen molar-refractivity contribution in [2.45, 2.75) is 0 Å². The molecule has 58 valence electrons. The zero-order chi connectivity index (χ0) is 8.55. The third-order valence-electron chi connectivity index (χ3n) is 1.47. The summed E-state index contributed by atoms with van der Waals surface area (Å²) in [6.45, 7) is 0. The van der Waals surface area contributed by atoms with E-state index in [1.165, 1.54) is 11.3 Å². The fourth-order valence-corrected chi connectivity index (χ4v) is 2.01. The van der Waals surface area contributed by atoms with Gasteiger partial charge < -0.3 is 0 Å². The molecule has 2 rings (SSSR count). The number of hydrogen-bond donors (Lipinski definition) is 0. The minimum Gasteiger partial charge on any atom is -0.244 e. The van der Waals surface area contributed by atoms with E-state index >= 15 is 0 Å². The van der Waals surface area contributed by atoms with Gasteiger partial charge in [-0.1, -0.05) is 11.6 Å². The van der Waals surface area contributed by atoms with E-state index in [1.54, 1.807) is 12.3 Å². The van der Waals surface area contributed by atoms with Gasteiger partial charge in [-0.3, -0.25) is 0 Å². The summed E-state index contributed by atoms with van der Waals surface area (Å²) in [5.41, 5.74) is 0.567. The number of hydrogen-bond acceptors (Lipinski definition) is 3. The van der Waals surface area contributed by atoms with Crippen LogP contribution in [0.2, 0.25) is 4.34 Å². The highest BCUT2D eigenvalue weighted by Gasteiger charge is 2.01. The Hall–Kier alpha value is -1.11. The third kappa shape index (κ3) is 1.15. The maximum atomic E-state index is 8.58. The molecule has 0 unspecified atom stereocenters. The van der Waals surface area contributed by atoms with Crippen LogP contribution in [0.15, 0.2) is 18.3 Å². The van der Waals surface area contributed by atoms with Crippen LogP contribution in [0.25, 0.3) is 10.2 Å². The summed E-state index contributed by atoms with van der Waals surface area (Å²) in [7, 11) is 0. The second-order valence-corrected chi connectivity index (χ2v) is 3.94. The lowest BCUT2D eigenvalue weighted by molar-refractivity contribution is 1.39. The molecule has 0 bridgehead atoms. The summed E-state index contributed by atoms with van der Waals surface area (Å²) in [6.07, 6.45) is 1.55. The van der Waals surface area contributed by atoms with Gasteiger partial charge in [-0.2, -0.15) is 5.26 Å². The number of pyridine rings is 1. The molecule has 0 aromatic carbocycles. The molecule has 12 heavy (non-hydrogen) atoms. The van der Waals surface area contributed by atoms with Crippen molar-refractivity contribution in [3.8, 4) is 6.07 Å². The van der Waals surface area contributed by atoms with E-state index in [0.717, 1.165) is 10.2 Å². The van der Waals surface area contributed by atoms with Crippen LogP contribution in [0.3, 0.4) is 0 Å². The summed E-state index contributed by atoms with van der Waals surface area (Å²) in [5, 5.41) is 9.52. The van der Waals surface area contributed by atoms with Gasteiger partial charge in [0.15, 0.2) is 0 Å². The lowest BCUT2D eigenvalue weighted by Gasteiger charge is -1.87. The Kier molecular flexibility index (Phi) is 1.72. The first-order valence-electron chi connectivity index (χ1n) is 3.25. The summed E-state index contributed by atoms with van der Waals surface area (Å²) in [4.78, 5) is 4.96. The normalized spacial score (nSPS) is 10.0. The van der Waals surface area contributed by atoms with Crippen LogP contribution < -0.4 is 0 Å². The van der Waals surface area contributed by atoms with Crippen molar-refractivity contribution in [2.24, 2.45) is 0 Å². The van der Waals surface area contributed by atoms with Crippen LogP contribution in [-0.4, -0.2) is 4.98 Å². The molecule has 0 atom stereocenters. The van der Waals surface area contributed by atoms with Gasteiger partial charge in [-0.15, -0.1) is 11.3 Å². The van der Waals surface area contributed by atoms with E-state index in [4.69, 9.17) is 16.9 Å². The molecule has 2 aromatic heterocycles. The Balaban J connectivity index is 2.77. The molecule has 0 fully saturated rings. The Morgan fingerprint density at radius 1 is 1.50 bits per heavy atom. The van der Waals surface area contributed by atoms with Crippen LogP contribution in [0.4, 0.5) is 0 Å². The van der Waals surface area contributed by atoms with Gasteiger partial charge in [-0.25, -0.2) is 4.98 Å². The molecule has 2 aromatic rings. The molecule has 0 saturated heterocycles. The Bertz CT molecular complexity index is 469. The Labute approximate surface area is 78.0 Å². The number of rotatable bonds is 0. The summed E-state index contributed by atoms with van der Waals surface area (Å²) in [6, 6.07) is 5.62. The molecule has 0 aliphatic rings. The van der Waals surface area contributed by atoms with Gasteiger partial charge in [0.05, 0.1) is 9.90 Å². The van der Waals surface area contributed by atoms with Crippen LogP contribution >= 0.6 is 22.9 Å². The van der Waals surface area contributed by atoms with Crippen LogP contribution in [0.5, 0.6) is 0 Å². The summed E-state index contributed by atoms with van der Waals surface area (Å²) in [5.74, 6) is 0. The van der Waals surface area contributed by atoms with Gasteiger partial charge >= 0.3 is 0 Å². The lowest BCUT2D eigenvalue weighted by Crippen LogP contribution is -1.75. The van der Waals surface area contributed by atoms with Gasteiger partial charge in [0, 0.05) is 11.6 Å². The van der Waals surface area contributed by atoms with E-state index in [1.807, 2.05) is 12.1 Å². The van der Waals surface area contributed by atoms with Crippen molar-refractivity contribution in [1.82, 2.24) is 4.98 Å². The minimum absolute atomic E-state index is 0.567. The van der Waals surface area contributed by atoms with Crippen molar-refractivity contribution in [3.63, 3.8) is 0 Å². The van der Waals surface area contributed by atoms with Crippen molar-refractivity contribution in [1.29, 1.82) is 5.26 Å². The standard InChI is InChI=1S/C8H3ClN2S/c9-7-2-6-1-5(3-10)4-11-8(6)12-7/h1-2,4H. The van der Waals surface area contributed by atoms with Gasteiger partial charge in [-0.05, 0) is 12.1 Å². The number of thiophene rings is 1. The fourth-order valence-electron chi connectivity index (χ4n) is 0.963. The number of aromatic nitrogens is 1. The quantitative estimate of drug-likeness (QED) is 0.647. The first-order valence-corrected chi connectivity index (χ1v) is 4.44. The molecule has 0 amide bonds. The number of halogens is 1. The first-order chi connectivity index (χ1) is 5.79. The molecule has 0 radical (unpaired) electrons. The number of nitrogens with zero attached hydrogens (tertiary/aromatic N) is 2. The molecule has 0 saturated carbocycles. The van der Waals surface area contributed by atoms with E-state index in [9.17, 15) is 0 Å². The molecule has 0 aliphatic carbocycles. The smallest absolute Gasteiger partial charge is 0.124 e. The highest BCUT2D eigenvalue weighted by molar-refractivity contribution is 7.22. The van der Waals surface area contributed by atoms with Crippen molar-refractivity contribution < 1.29 is 0 Å². The van der Waals surface area contributed by atoms with Gasteiger partial charge in [0.1, 0.15) is 10.9 Å². The largest absolute Gasteiger partial charge is 0.244 e. The zero-order valence-corrected chi connectivity index (χ0v) is 7.49. The van der Waals surface area contributed by atoms with E-state index in [-0.39, 0.29) is 0 Å². The average molecular weight is 195 g/mol. The predicted octanol–water partition coefficient (Wildman–Crippen LogP) is 2.82. The molecule has 4 heteroatoms. The molecule has 2 nitrogen and oxygen atoms in total. The van der Waals surface area contributed by atoms with Crippen molar-refractivity contribution in [2.75, 3.05) is 0 Å². The summed E-state index contributed by atoms with van der Waals surface area (Å²) >= 11 is 7.19. The Morgan fingerprint density at radius 3 is 3.08 bits per heavy atom. The highest BCUT2D eigenvalue weighted by Crippen LogP contribution is 2.27. The van der Waals surface area contributed by atoms with E-state index in [0.29, 0.717) is 9.90 Å². The SMILES string of the molecule is N#Cc1cnc2sc(Cl)cc2c1. The molecular weight excluding hydrogens is 192 g/mol. The van der Waals surface area contributed by atoms with E-state index in [2.05, 4.69) is 4.98 Å². The lowest BCUT2D eigenvalue weighted by atomic mass is 10.2. The van der Waals surface area contributed by atoms with Gasteiger partial charge in [0.25, 0.3) is 0 Å². The number of fused-ring (bicyclic) bond motifs is 1. The molecule has 0 aliphatic heterocycles. The summed E-state index contributed by atoms with van der Waals surface area (Å²) < 4.78 is 0.701. The van der Waals surface area contributed by atoms with Crippen LogP contribution in [-0.2, 0) is 0 Å². The monoisotopic (exact) mass is 194 g/mol. The predicted molar refractivity (Wildman–Crippen MR) is 49.3 cm³/mol. The average Bonchev–Trinajstić information content (AvgIpc) is 2.43. The third-order valence-corrected chi connectivity index (χ3v) is 2.66. The Morgan fingerprint density at radius 2 is 2.33 bits per heavy atom. The highest BCUT2D eigenvalue weighted by atomic mass is 35.5. The maximum absolute atomic E-state index is 8.58. The topological polar surface area (TPSA) is 36.7 Å². The van der Waals surface area contributed by atoms with Gasteiger partial charge in [0.2, 0.25) is 0 Å². The number of nitriles is 1. The van der Waals surface area contributed by atoms with Crippen molar-refractivity contribution in [3.05, 3.63) is 28.2 Å². The second-order valence-electron chi connectivity index (χ2n) is 2.28. The zero-order valence-electron chi connectivity index (χ0n) is 5.91. The molecular formula is C8H3ClN2S. The fraction of sp³-hybridized carbons (Fsp3) is 0. The molecule has 0 N–H and O–H groups in total. The molecule has 2 heterocycles.